The van der Waals surface area contributed by atoms with Gasteiger partial charge < -0.3 is 4.57 Å². The van der Waals surface area contributed by atoms with Gasteiger partial charge in [0.1, 0.15) is 5.82 Å². The van der Waals surface area contributed by atoms with Gasteiger partial charge in [-0.2, -0.15) is 0 Å². The lowest BCUT2D eigenvalue weighted by Gasteiger charge is -2.22. The lowest BCUT2D eigenvalue weighted by Crippen LogP contribution is -2.41. The molecule has 0 N–H and O–H groups in total. The first-order valence-corrected chi connectivity index (χ1v) is 11.1. The molecule has 1 aliphatic heterocycles. The summed E-state index contributed by atoms with van der Waals surface area (Å²) in [4.78, 5) is 27.5. The highest BCUT2D eigenvalue weighted by molar-refractivity contribution is 8.00. The third-order valence-electron chi connectivity index (χ3n) is 5.17. The largest absolute Gasteiger partial charge is 0.305 e. The predicted molar refractivity (Wildman–Crippen MR) is 117 cm³/mol. The van der Waals surface area contributed by atoms with Crippen LogP contribution in [0.1, 0.15) is 29.6 Å². The van der Waals surface area contributed by atoms with E-state index >= 15 is 0 Å². The summed E-state index contributed by atoms with van der Waals surface area (Å²) in [7, 11) is 1.74. The minimum absolute atomic E-state index is 0.252. The number of rotatable bonds is 4. The molecule has 0 saturated carbocycles. The number of carbonyl (C=O) groups is 2. The zero-order valence-electron chi connectivity index (χ0n) is 16.8. The highest BCUT2D eigenvalue weighted by atomic mass is 35.5. The average Bonchev–Trinajstić information content (AvgIpc) is 3.02. The Morgan fingerprint density at radius 2 is 1.87 bits per heavy atom. The molecule has 160 valence electrons. The number of aromatic nitrogens is 3. The van der Waals surface area contributed by atoms with Crippen molar-refractivity contribution >= 4 is 35.2 Å². The molecule has 6 nitrogen and oxygen atoms in total. The van der Waals surface area contributed by atoms with Gasteiger partial charge in [0, 0.05) is 24.2 Å². The molecule has 0 unspecified atom stereocenters. The van der Waals surface area contributed by atoms with Crippen LogP contribution in [0, 0.1) is 5.82 Å². The number of thioether (sulfide) groups is 1. The summed E-state index contributed by atoms with van der Waals surface area (Å²) in [6, 6.07) is 12.8. The summed E-state index contributed by atoms with van der Waals surface area (Å²) in [6.07, 6.45) is 2.17. The molecule has 2 aromatic carbocycles. The van der Waals surface area contributed by atoms with Crippen LogP contribution in [0.4, 0.5) is 4.39 Å². The van der Waals surface area contributed by atoms with E-state index in [2.05, 4.69) is 10.2 Å². The lowest BCUT2D eigenvalue weighted by molar-refractivity contribution is -0.127. The molecule has 4 rings (SSSR count). The molecule has 3 aromatic rings. The monoisotopic (exact) mass is 458 g/mol. The molecule has 31 heavy (non-hydrogen) atoms. The van der Waals surface area contributed by atoms with E-state index in [-0.39, 0.29) is 17.6 Å². The van der Waals surface area contributed by atoms with Crippen LogP contribution < -0.4 is 0 Å². The number of imide groups is 1. The second-order valence-corrected chi connectivity index (χ2v) is 8.86. The number of benzene rings is 2. The summed E-state index contributed by atoms with van der Waals surface area (Å²) in [5.41, 5.74) is 0.764. The van der Waals surface area contributed by atoms with E-state index in [1.165, 1.54) is 22.7 Å². The van der Waals surface area contributed by atoms with Gasteiger partial charge in [0.15, 0.2) is 11.0 Å². The van der Waals surface area contributed by atoms with Crippen LogP contribution in [0.3, 0.4) is 0 Å². The van der Waals surface area contributed by atoms with Crippen LogP contribution in [0.15, 0.2) is 53.7 Å². The number of hydrogen-bond donors (Lipinski definition) is 0. The van der Waals surface area contributed by atoms with Crippen molar-refractivity contribution in [1.82, 2.24) is 19.7 Å². The topological polar surface area (TPSA) is 68.1 Å². The van der Waals surface area contributed by atoms with Gasteiger partial charge in [-0.3, -0.25) is 14.5 Å². The fourth-order valence-corrected chi connectivity index (χ4v) is 4.71. The maximum absolute atomic E-state index is 14.2. The number of nitrogens with zero attached hydrogens (tertiary/aromatic N) is 4. The van der Waals surface area contributed by atoms with E-state index < -0.39 is 5.25 Å². The standard InChI is InChI=1S/C22H20ClFN4O2S/c1-27-19(16-6-2-3-7-17(16)24)25-26-22(27)31-18-8-4-5-13-28(21(18)30)20(29)14-9-11-15(23)12-10-14/h2-3,6-7,9-12,18H,4-5,8,13H2,1H3/t18-/m0/s1. The van der Waals surface area contributed by atoms with Gasteiger partial charge in [0.05, 0.1) is 10.8 Å². The molecule has 1 atom stereocenters. The Hall–Kier alpha value is -2.71. The third kappa shape index (κ3) is 4.50. The first-order valence-electron chi connectivity index (χ1n) is 9.88. The minimum Gasteiger partial charge on any atom is -0.305 e. The molecule has 0 spiro atoms. The highest BCUT2D eigenvalue weighted by Crippen LogP contribution is 2.32. The molecule has 1 aliphatic rings. The molecule has 1 aromatic heterocycles. The number of carbonyl (C=O) groups excluding carboxylic acids is 2. The molecule has 0 radical (unpaired) electrons. The SMILES string of the molecule is Cn1c(S[C@H]2CCCCN(C(=O)c3ccc(Cl)cc3)C2=O)nnc1-c1ccccc1F. The lowest BCUT2D eigenvalue weighted by atomic mass is 10.2. The van der Waals surface area contributed by atoms with Crippen LogP contribution in [0.25, 0.3) is 11.4 Å². The van der Waals surface area contributed by atoms with Crippen LogP contribution in [-0.2, 0) is 11.8 Å². The Morgan fingerprint density at radius 3 is 2.61 bits per heavy atom. The van der Waals surface area contributed by atoms with E-state index in [1.807, 2.05) is 0 Å². The van der Waals surface area contributed by atoms with Crippen molar-refractivity contribution in [2.45, 2.75) is 29.7 Å². The zero-order chi connectivity index (χ0) is 22.0. The van der Waals surface area contributed by atoms with Gasteiger partial charge in [0.2, 0.25) is 5.91 Å². The molecule has 1 saturated heterocycles. The van der Waals surface area contributed by atoms with Gasteiger partial charge in [-0.15, -0.1) is 10.2 Å². The van der Waals surface area contributed by atoms with Crippen LogP contribution >= 0.6 is 23.4 Å². The molecule has 9 heteroatoms. The number of hydrogen-bond acceptors (Lipinski definition) is 5. The number of amides is 2. The molecular weight excluding hydrogens is 439 g/mol. The van der Waals surface area contributed by atoms with E-state index in [9.17, 15) is 14.0 Å². The second kappa shape index (κ2) is 9.20. The van der Waals surface area contributed by atoms with Crippen molar-refractivity contribution in [2.24, 2.45) is 7.05 Å². The Morgan fingerprint density at radius 1 is 1.13 bits per heavy atom. The van der Waals surface area contributed by atoms with Gasteiger partial charge in [-0.25, -0.2) is 4.39 Å². The molecule has 1 fully saturated rings. The number of likely N-dealkylation sites (tertiary alicyclic amines) is 1. The van der Waals surface area contributed by atoms with E-state index in [0.29, 0.717) is 40.1 Å². The molecular formula is C22H20ClFN4O2S. The zero-order valence-corrected chi connectivity index (χ0v) is 18.4. The van der Waals surface area contributed by atoms with E-state index in [1.54, 1.807) is 54.1 Å². The quantitative estimate of drug-likeness (QED) is 0.535. The van der Waals surface area contributed by atoms with Crippen molar-refractivity contribution < 1.29 is 14.0 Å². The maximum atomic E-state index is 14.2. The van der Waals surface area contributed by atoms with Crippen LogP contribution in [-0.4, -0.2) is 43.3 Å². The highest BCUT2D eigenvalue weighted by Gasteiger charge is 2.33. The van der Waals surface area contributed by atoms with Crippen molar-refractivity contribution in [3.05, 3.63) is 64.9 Å². The van der Waals surface area contributed by atoms with Crippen molar-refractivity contribution in [1.29, 1.82) is 0 Å². The van der Waals surface area contributed by atoms with Crippen LogP contribution in [0.5, 0.6) is 0 Å². The smallest absolute Gasteiger partial charge is 0.260 e. The Balaban J connectivity index is 1.56. The Bertz CT molecular complexity index is 1120. The van der Waals surface area contributed by atoms with Crippen molar-refractivity contribution in [3.8, 4) is 11.4 Å². The summed E-state index contributed by atoms with van der Waals surface area (Å²) in [5, 5.41) is 8.84. The van der Waals surface area contributed by atoms with Gasteiger partial charge >= 0.3 is 0 Å². The summed E-state index contributed by atoms with van der Waals surface area (Å²) in [6.45, 7) is 0.372. The summed E-state index contributed by atoms with van der Waals surface area (Å²) < 4.78 is 15.8. The molecule has 2 amide bonds. The first kappa shape index (κ1) is 21.5. The molecule has 0 bridgehead atoms. The van der Waals surface area contributed by atoms with Crippen molar-refractivity contribution in [2.75, 3.05) is 6.54 Å². The number of halogens is 2. The molecule has 2 heterocycles. The first-order chi connectivity index (χ1) is 15.0. The van der Waals surface area contributed by atoms with E-state index in [4.69, 9.17) is 11.6 Å². The average molecular weight is 459 g/mol. The molecule has 0 aliphatic carbocycles. The van der Waals surface area contributed by atoms with Gasteiger partial charge in [0.25, 0.3) is 5.91 Å². The van der Waals surface area contributed by atoms with Crippen LogP contribution in [0.2, 0.25) is 5.02 Å². The Labute approximate surface area is 188 Å². The van der Waals surface area contributed by atoms with Gasteiger partial charge in [-0.05, 0) is 49.2 Å². The minimum atomic E-state index is -0.477. The fraction of sp³-hybridized carbons (Fsp3) is 0.273. The van der Waals surface area contributed by atoms with Crippen molar-refractivity contribution in [3.63, 3.8) is 0 Å². The third-order valence-corrected chi connectivity index (χ3v) is 6.71. The normalized spacial score (nSPS) is 16.9. The Kier molecular flexibility index (Phi) is 6.38. The maximum Gasteiger partial charge on any atom is 0.260 e. The second-order valence-electron chi connectivity index (χ2n) is 7.25. The fourth-order valence-electron chi connectivity index (χ4n) is 3.49. The van der Waals surface area contributed by atoms with E-state index in [0.717, 1.165) is 12.8 Å². The summed E-state index contributed by atoms with van der Waals surface area (Å²) in [5.74, 6) is -0.590. The predicted octanol–water partition coefficient (Wildman–Crippen LogP) is 4.59. The summed E-state index contributed by atoms with van der Waals surface area (Å²) >= 11 is 7.16. The van der Waals surface area contributed by atoms with Gasteiger partial charge in [-0.1, -0.05) is 41.9 Å².